The Morgan fingerprint density at radius 3 is 2.67 bits per heavy atom. The van der Waals surface area contributed by atoms with Crippen molar-refractivity contribution in [3.05, 3.63) is 44.9 Å². The molecule has 0 spiro atoms. The summed E-state index contributed by atoms with van der Waals surface area (Å²) < 4.78 is 5.43. The van der Waals surface area contributed by atoms with Gasteiger partial charge in [-0.15, -0.1) is 0 Å². The highest BCUT2D eigenvalue weighted by Crippen LogP contribution is 2.37. The minimum absolute atomic E-state index is 0.120. The van der Waals surface area contributed by atoms with Crippen LogP contribution in [0.2, 0.25) is 5.15 Å². The lowest BCUT2D eigenvalue weighted by Crippen LogP contribution is -2.45. The number of amides is 1. The molecule has 1 aliphatic rings. The number of nitrogens with zero attached hydrogens (tertiary/aromatic N) is 3. The zero-order chi connectivity index (χ0) is 19.4. The molecule has 3 rings (SSSR count). The summed E-state index contributed by atoms with van der Waals surface area (Å²) in [5.74, 6) is 0.653. The van der Waals surface area contributed by atoms with Crippen LogP contribution in [0.25, 0.3) is 0 Å². The van der Waals surface area contributed by atoms with Crippen molar-refractivity contribution in [3.8, 4) is 0 Å². The highest BCUT2D eigenvalue weighted by atomic mass is 35.5. The number of halogens is 1. The van der Waals surface area contributed by atoms with E-state index in [9.17, 15) is 9.59 Å². The van der Waals surface area contributed by atoms with Crippen molar-refractivity contribution in [1.82, 2.24) is 25.3 Å². The number of rotatable bonds is 7. The minimum atomic E-state index is -0.683. The van der Waals surface area contributed by atoms with Gasteiger partial charge in [-0.2, -0.15) is 4.98 Å². The molecule has 1 amide bonds. The number of hydrogen-bond acceptors (Lipinski definition) is 6. The van der Waals surface area contributed by atoms with Crippen molar-refractivity contribution < 1.29 is 9.32 Å². The average Bonchev–Trinajstić information content (AvgIpc) is 3.29. The van der Waals surface area contributed by atoms with Crippen LogP contribution in [0, 0.1) is 0 Å². The van der Waals surface area contributed by atoms with Gasteiger partial charge in [-0.3, -0.25) is 14.5 Å². The van der Waals surface area contributed by atoms with Crippen molar-refractivity contribution in [3.63, 3.8) is 0 Å². The number of aromatic amines is 1. The van der Waals surface area contributed by atoms with E-state index in [-0.39, 0.29) is 16.6 Å². The Labute approximate surface area is 162 Å². The molecule has 1 aliphatic carbocycles. The first-order valence-electron chi connectivity index (χ1n) is 9.23. The van der Waals surface area contributed by atoms with E-state index in [1.165, 1.54) is 12.1 Å². The minimum Gasteiger partial charge on any atom is -0.339 e. The topological polar surface area (TPSA) is 104 Å². The molecule has 0 aromatic carbocycles. The fourth-order valence-electron chi connectivity index (χ4n) is 3.46. The normalized spacial score (nSPS) is 16.0. The maximum absolute atomic E-state index is 12.7. The van der Waals surface area contributed by atoms with Gasteiger partial charge in [-0.25, -0.2) is 0 Å². The number of hydrogen-bond donors (Lipinski definition) is 2. The first-order valence-corrected chi connectivity index (χ1v) is 9.61. The zero-order valence-electron chi connectivity index (χ0n) is 15.5. The zero-order valence-corrected chi connectivity index (χ0v) is 16.3. The van der Waals surface area contributed by atoms with Gasteiger partial charge in [0.25, 0.3) is 5.91 Å². The maximum atomic E-state index is 12.7. The van der Waals surface area contributed by atoms with Crippen LogP contribution in [-0.4, -0.2) is 39.0 Å². The molecule has 146 valence electrons. The number of carbonyl (C=O) groups excluding carboxylic acids is 1. The highest BCUT2D eigenvalue weighted by molar-refractivity contribution is 6.29. The fraction of sp³-hybridized carbons (Fsp3) is 0.556. The second-order valence-electron chi connectivity index (χ2n) is 6.80. The van der Waals surface area contributed by atoms with Gasteiger partial charge in [0.05, 0.1) is 6.54 Å². The molecule has 0 aliphatic heterocycles. The third-order valence-corrected chi connectivity index (χ3v) is 5.24. The third kappa shape index (κ3) is 4.39. The summed E-state index contributed by atoms with van der Waals surface area (Å²) in [5.41, 5.74) is -0.895. The third-order valence-electron chi connectivity index (χ3n) is 5.03. The number of H-pyrrole nitrogens is 1. The van der Waals surface area contributed by atoms with Gasteiger partial charge in [-0.1, -0.05) is 43.4 Å². The second kappa shape index (κ2) is 8.22. The second-order valence-corrected chi connectivity index (χ2v) is 7.20. The van der Waals surface area contributed by atoms with Gasteiger partial charge in [0.15, 0.2) is 5.82 Å². The van der Waals surface area contributed by atoms with E-state index in [0.29, 0.717) is 18.3 Å². The Bertz CT molecular complexity index is 853. The predicted octanol–water partition coefficient (Wildman–Crippen LogP) is 2.45. The van der Waals surface area contributed by atoms with Gasteiger partial charge in [-0.05, 0) is 32.0 Å². The Kier molecular flexibility index (Phi) is 5.96. The van der Waals surface area contributed by atoms with Gasteiger partial charge < -0.3 is 14.8 Å². The van der Waals surface area contributed by atoms with Crippen molar-refractivity contribution in [2.45, 2.75) is 51.6 Å². The molecule has 0 radical (unpaired) electrons. The first kappa shape index (κ1) is 19.6. The van der Waals surface area contributed by atoms with E-state index in [2.05, 4.69) is 39.2 Å². The largest absolute Gasteiger partial charge is 0.339 e. The van der Waals surface area contributed by atoms with Gasteiger partial charge in [0.1, 0.15) is 10.7 Å². The molecule has 27 heavy (non-hydrogen) atoms. The SMILES string of the molecule is CCN(CC)Cc1nc(C2(NC(=O)c3cc(Cl)[nH]c(=O)c3)CCCC2)no1. The summed E-state index contributed by atoms with van der Waals surface area (Å²) in [6.45, 7) is 6.50. The molecule has 2 heterocycles. The Hall–Kier alpha value is -2.19. The molecule has 9 heteroatoms. The first-order chi connectivity index (χ1) is 13.0. The number of carbonyl (C=O) groups is 1. The smallest absolute Gasteiger partial charge is 0.252 e. The van der Waals surface area contributed by atoms with Crippen LogP contribution in [0.3, 0.4) is 0 Å². The van der Waals surface area contributed by atoms with E-state index in [1.807, 2.05) is 0 Å². The van der Waals surface area contributed by atoms with E-state index in [1.54, 1.807) is 0 Å². The van der Waals surface area contributed by atoms with Crippen LogP contribution in [0.4, 0.5) is 0 Å². The molecular weight excluding hydrogens is 370 g/mol. The number of aromatic nitrogens is 3. The van der Waals surface area contributed by atoms with Crippen LogP contribution in [0.5, 0.6) is 0 Å². The molecule has 1 fully saturated rings. The van der Waals surface area contributed by atoms with Crippen LogP contribution < -0.4 is 10.9 Å². The number of pyridine rings is 1. The molecular formula is C18H24ClN5O3. The van der Waals surface area contributed by atoms with Crippen LogP contribution >= 0.6 is 11.6 Å². The molecule has 0 unspecified atom stereocenters. The molecule has 0 bridgehead atoms. The van der Waals surface area contributed by atoms with Gasteiger partial charge in [0, 0.05) is 11.6 Å². The highest BCUT2D eigenvalue weighted by Gasteiger charge is 2.41. The summed E-state index contributed by atoms with van der Waals surface area (Å²) in [6, 6.07) is 2.66. The van der Waals surface area contributed by atoms with E-state index >= 15 is 0 Å². The summed E-state index contributed by atoms with van der Waals surface area (Å²) in [5, 5.41) is 7.30. The van der Waals surface area contributed by atoms with Crippen molar-refractivity contribution in [2.75, 3.05) is 13.1 Å². The molecule has 2 aromatic heterocycles. The van der Waals surface area contributed by atoms with Crippen molar-refractivity contribution >= 4 is 17.5 Å². The lowest BCUT2D eigenvalue weighted by molar-refractivity contribution is 0.0891. The maximum Gasteiger partial charge on any atom is 0.252 e. The van der Waals surface area contributed by atoms with Crippen molar-refractivity contribution in [2.24, 2.45) is 0 Å². The predicted molar refractivity (Wildman–Crippen MR) is 101 cm³/mol. The monoisotopic (exact) mass is 393 g/mol. The van der Waals surface area contributed by atoms with Crippen LogP contribution in [-0.2, 0) is 12.1 Å². The van der Waals surface area contributed by atoms with E-state index < -0.39 is 11.1 Å². The van der Waals surface area contributed by atoms with Gasteiger partial charge in [0.2, 0.25) is 11.4 Å². The summed E-state index contributed by atoms with van der Waals surface area (Å²) in [4.78, 5) is 33.5. The Balaban J connectivity index is 1.83. The lowest BCUT2D eigenvalue weighted by atomic mass is 9.96. The standard InChI is InChI=1S/C18H24ClN5O3/c1-3-24(4-2)11-15-21-17(23-27-15)18(7-5-6-8-18)22-16(26)12-9-13(19)20-14(25)10-12/h9-10H,3-8,11H2,1-2H3,(H,20,25)(H,22,26). The van der Waals surface area contributed by atoms with E-state index in [4.69, 9.17) is 16.1 Å². The van der Waals surface area contributed by atoms with E-state index in [0.717, 1.165) is 38.8 Å². The molecule has 2 aromatic rings. The molecule has 0 saturated heterocycles. The fourth-order valence-corrected chi connectivity index (χ4v) is 3.68. The average molecular weight is 394 g/mol. The van der Waals surface area contributed by atoms with Crippen LogP contribution in [0.1, 0.15) is 61.6 Å². The molecule has 8 nitrogen and oxygen atoms in total. The lowest BCUT2D eigenvalue weighted by Gasteiger charge is -2.26. The quantitative estimate of drug-likeness (QED) is 0.700. The molecule has 2 N–H and O–H groups in total. The summed E-state index contributed by atoms with van der Waals surface area (Å²) >= 11 is 5.86. The van der Waals surface area contributed by atoms with Crippen LogP contribution in [0.15, 0.2) is 21.5 Å². The molecule has 0 atom stereocenters. The summed E-state index contributed by atoms with van der Waals surface area (Å²) in [6.07, 6.45) is 3.35. The Morgan fingerprint density at radius 1 is 1.33 bits per heavy atom. The molecule has 1 saturated carbocycles. The van der Waals surface area contributed by atoms with Gasteiger partial charge >= 0.3 is 0 Å². The number of nitrogens with one attached hydrogen (secondary N) is 2. The Morgan fingerprint density at radius 2 is 2.04 bits per heavy atom. The summed E-state index contributed by atoms with van der Waals surface area (Å²) in [7, 11) is 0. The van der Waals surface area contributed by atoms with Crippen molar-refractivity contribution in [1.29, 1.82) is 0 Å².